The van der Waals surface area contributed by atoms with Crippen LogP contribution < -0.4 is 14.8 Å². The number of likely N-dealkylation sites (N-methyl/N-ethyl adjacent to an activating group) is 1. The van der Waals surface area contributed by atoms with Gasteiger partial charge in [0.25, 0.3) is 0 Å². The molecule has 2 unspecified atom stereocenters. The summed E-state index contributed by atoms with van der Waals surface area (Å²) in [7, 11) is 3.82. The molecule has 0 bridgehead atoms. The van der Waals surface area contributed by atoms with Crippen molar-refractivity contribution in [1.29, 1.82) is 0 Å². The Morgan fingerprint density at radius 2 is 1.78 bits per heavy atom. The van der Waals surface area contributed by atoms with Crippen LogP contribution in [-0.4, -0.2) is 43.9 Å². The van der Waals surface area contributed by atoms with Crippen LogP contribution in [0.3, 0.4) is 0 Å². The summed E-state index contributed by atoms with van der Waals surface area (Å²) in [4.78, 5) is 2.24. The summed E-state index contributed by atoms with van der Waals surface area (Å²) < 4.78 is 11.5. The lowest BCUT2D eigenvalue weighted by atomic mass is 9.79. The van der Waals surface area contributed by atoms with Crippen molar-refractivity contribution in [3.8, 4) is 17.2 Å². The van der Waals surface area contributed by atoms with Crippen molar-refractivity contribution < 1.29 is 14.6 Å². The monoisotopic (exact) mass is 488 g/mol. The van der Waals surface area contributed by atoms with Gasteiger partial charge in [-0.3, -0.25) is 0 Å². The minimum absolute atomic E-state index is 0.184. The standard InChI is InChI=1S/C31H40N2O3/c1-5-30(22-10-13-27(14-11-22)36-18-17-33(3)6-2)32-31-21-28(35-4)15-16-29(31)25-8-7-24-20-26(34)12-9-23(24)19-25/h9-16,20-21,25,30,32,34H,5-8,17-19H2,1-4H3. The highest BCUT2D eigenvalue weighted by Crippen LogP contribution is 2.39. The van der Waals surface area contributed by atoms with Crippen molar-refractivity contribution in [3.05, 3.63) is 82.9 Å². The summed E-state index contributed by atoms with van der Waals surface area (Å²) in [6.07, 6.45) is 3.98. The second-order valence-corrected chi connectivity index (χ2v) is 9.76. The number of nitrogens with zero attached hydrogens (tertiary/aromatic N) is 1. The zero-order valence-corrected chi connectivity index (χ0v) is 22.1. The van der Waals surface area contributed by atoms with Gasteiger partial charge in [-0.2, -0.15) is 0 Å². The van der Waals surface area contributed by atoms with Crippen LogP contribution in [0.1, 0.15) is 60.9 Å². The fourth-order valence-corrected chi connectivity index (χ4v) is 5.03. The predicted molar refractivity (Wildman–Crippen MR) is 148 cm³/mol. The number of ether oxygens (including phenoxy) is 2. The molecule has 1 aliphatic carbocycles. The molecule has 0 amide bonds. The molecule has 0 saturated heterocycles. The van der Waals surface area contributed by atoms with Crippen molar-refractivity contribution >= 4 is 5.69 Å². The van der Waals surface area contributed by atoms with Gasteiger partial charge in [-0.05, 0) is 97.8 Å². The third-order valence-corrected chi connectivity index (χ3v) is 7.42. The normalized spacial score (nSPS) is 15.9. The second-order valence-electron chi connectivity index (χ2n) is 9.76. The lowest BCUT2D eigenvalue weighted by Gasteiger charge is -2.29. The number of hydrogen-bond donors (Lipinski definition) is 2. The molecule has 0 aliphatic heterocycles. The van der Waals surface area contributed by atoms with E-state index in [1.807, 2.05) is 6.07 Å². The number of phenols is 1. The van der Waals surface area contributed by atoms with Crippen LogP contribution in [0.5, 0.6) is 17.2 Å². The molecule has 0 aromatic heterocycles. The SMILES string of the molecule is CCC(Nc1cc(OC)ccc1C1CCc2cc(O)ccc2C1)c1ccc(OCCN(C)CC)cc1. The molecule has 2 N–H and O–H groups in total. The fourth-order valence-electron chi connectivity index (χ4n) is 5.03. The summed E-state index contributed by atoms with van der Waals surface area (Å²) >= 11 is 0. The number of phenolic OH excluding ortho intramolecular Hbond substituents is 1. The minimum atomic E-state index is 0.184. The van der Waals surface area contributed by atoms with E-state index in [9.17, 15) is 5.11 Å². The molecule has 0 fully saturated rings. The van der Waals surface area contributed by atoms with Crippen LogP contribution >= 0.6 is 0 Å². The lowest BCUT2D eigenvalue weighted by Crippen LogP contribution is -2.23. The van der Waals surface area contributed by atoms with Gasteiger partial charge in [-0.1, -0.05) is 38.1 Å². The summed E-state index contributed by atoms with van der Waals surface area (Å²) in [6, 6.07) is 20.9. The molecular weight excluding hydrogens is 448 g/mol. The van der Waals surface area contributed by atoms with E-state index in [4.69, 9.17) is 9.47 Å². The molecule has 0 spiro atoms. The highest BCUT2D eigenvalue weighted by atomic mass is 16.5. The molecule has 192 valence electrons. The van der Waals surface area contributed by atoms with Crippen molar-refractivity contribution in [2.75, 3.05) is 39.2 Å². The zero-order chi connectivity index (χ0) is 25.5. The van der Waals surface area contributed by atoms with Crippen LogP contribution in [0, 0.1) is 0 Å². The topological polar surface area (TPSA) is 54.0 Å². The number of anilines is 1. The number of benzene rings is 3. The van der Waals surface area contributed by atoms with E-state index in [1.165, 1.54) is 22.3 Å². The van der Waals surface area contributed by atoms with Gasteiger partial charge in [-0.15, -0.1) is 0 Å². The van der Waals surface area contributed by atoms with Crippen LogP contribution in [0.4, 0.5) is 5.69 Å². The second kappa shape index (κ2) is 12.2. The third-order valence-electron chi connectivity index (χ3n) is 7.42. The molecule has 2 atom stereocenters. The molecule has 4 rings (SSSR count). The average Bonchev–Trinajstić information content (AvgIpc) is 2.91. The van der Waals surface area contributed by atoms with Crippen LogP contribution in [0.25, 0.3) is 0 Å². The number of aryl methyl sites for hydroxylation is 1. The quantitative estimate of drug-likeness (QED) is 0.320. The predicted octanol–water partition coefficient (Wildman–Crippen LogP) is 6.57. The van der Waals surface area contributed by atoms with E-state index in [2.05, 4.69) is 79.6 Å². The highest BCUT2D eigenvalue weighted by molar-refractivity contribution is 5.59. The number of methoxy groups -OCH3 is 1. The Labute approximate surface area is 216 Å². The van der Waals surface area contributed by atoms with Crippen molar-refractivity contribution in [2.24, 2.45) is 0 Å². The summed E-state index contributed by atoms with van der Waals surface area (Å²) in [5.41, 5.74) is 6.31. The van der Waals surface area contributed by atoms with E-state index in [1.54, 1.807) is 13.2 Å². The summed E-state index contributed by atoms with van der Waals surface area (Å²) in [5.74, 6) is 2.55. The Morgan fingerprint density at radius 1 is 1.00 bits per heavy atom. The maximum absolute atomic E-state index is 9.87. The van der Waals surface area contributed by atoms with E-state index in [-0.39, 0.29) is 6.04 Å². The van der Waals surface area contributed by atoms with Gasteiger partial charge in [0.05, 0.1) is 13.2 Å². The van der Waals surface area contributed by atoms with Gasteiger partial charge in [0.2, 0.25) is 0 Å². The van der Waals surface area contributed by atoms with Gasteiger partial charge >= 0.3 is 0 Å². The number of fused-ring (bicyclic) bond motifs is 1. The molecule has 5 nitrogen and oxygen atoms in total. The Bertz CT molecular complexity index is 1130. The zero-order valence-electron chi connectivity index (χ0n) is 22.1. The van der Waals surface area contributed by atoms with Crippen molar-refractivity contribution in [3.63, 3.8) is 0 Å². The van der Waals surface area contributed by atoms with Gasteiger partial charge in [0, 0.05) is 18.3 Å². The van der Waals surface area contributed by atoms with Gasteiger partial charge in [-0.25, -0.2) is 0 Å². The number of nitrogens with one attached hydrogen (secondary N) is 1. The molecule has 3 aromatic rings. The van der Waals surface area contributed by atoms with E-state index < -0.39 is 0 Å². The minimum Gasteiger partial charge on any atom is -0.508 e. The first-order valence-corrected chi connectivity index (χ1v) is 13.2. The third kappa shape index (κ3) is 6.33. The van der Waals surface area contributed by atoms with E-state index in [0.29, 0.717) is 18.3 Å². The molecule has 1 aliphatic rings. The summed E-state index contributed by atoms with van der Waals surface area (Å²) in [5, 5.41) is 13.7. The van der Waals surface area contributed by atoms with Gasteiger partial charge < -0.3 is 24.8 Å². The van der Waals surface area contributed by atoms with Crippen LogP contribution in [-0.2, 0) is 12.8 Å². The molecule has 5 heteroatoms. The maximum Gasteiger partial charge on any atom is 0.120 e. The van der Waals surface area contributed by atoms with Crippen molar-refractivity contribution in [2.45, 2.75) is 51.5 Å². The number of aromatic hydroxyl groups is 1. The molecular formula is C31H40N2O3. The first-order valence-electron chi connectivity index (χ1n) is 13.2. The summed E-state index contributed by atoms with van der Waals surface area (Å²) in [6.45, 7) is 7.00. The largest absolute Gasteiger partial charge is 0.508 e. The number of hydrogen-bond acceptors (Lipinski definition) is 5. The Morgan fingerprint density at radius 3 is 2.50 bits per heavy atom. The van der Waals surface area contributed by atoms with E-state index in [0.717, 1.165) is 56.0 Å². The Kier molecular flexibility index (Phi) is 8.76. The highest BCUT2D eigenvalue weighted by Gasteiger charge is 2.24. The molecule has 0 saturated carbocycles. The first-order chi connectivity index (χ1) is 17.5. The molecule has 3 aromatic carbocycles. The van der Waals surface area contributed by atoms with E-state index >= 15 is 0 Å². The molecule has 36 heavy (non-hydrogen) atoms. The van der Waals surface area contributed by atoms with Crippen molar-refractivity contribution in [1.82, 2.24) is 4.90 Å². The lowest BCUT2D eigenvalue weighted by molar-refractivity contribution is 0.244. The number of rotatable bonds is 11. The average molecular weight is 489 g/mol. The first kappa shape index (κ1) is 25.9. The van der Waals surface area contributed by atoms with Gasteiger partial charge in [0.15, 0.2) is 0 Å². The van der Waals surface area contributed by atoms with Crippen LogP contribution in [0.15, 0.2) is 60.7 Å². The fraction of sp³-hybridized carbons (Fsp3) is 0.419. The Balaban J connectivity index is 1.50. The molecule has 0 heterocycles. The van der Waals surface area contributed by atoms with Crippen LogP contribution in [0.2, 0.25) is 0 Å². The smallest absolute Gasteiger partial charge is 0.120 e. The Hall–Kier alpha value is -3.18. The van der Waals surface area contributed by atoms with Gasteiger partial charge in [0.1, 0.15) is 23.9 Å². The maximum atomic E-state index is 9.87. The molecule has 0 radical (unpaired) electrons.